The topological polar surface area (TPSA) is 100 Å². The lowest BCUT2D eigenvalue weighted by Gasteiger charge is -2.23. The van der Waals surface area contributed by atoms with Crippen LogP contribution in [-0.2, 0) is 19.1 Å². The van der Waals surface area contributed by atoms with Gasteiger partial charge in [0.1, 0.15) is 6.07 Å². The van der Waals surface area contributed by atoms with Gasteiger partial charge < -0.3 is 9.47 Å². The predicted molar refractivity (Wildman–Crippen MR) is 103 cm³/mol. The number of carbonyl (C=O) groups excluding carboxylic acids is 2. The number of esters is 2. The highest BCUT2D eigenvalue weighted by atomic mass is 32.2. The first-order chi connectivity index (χ1) is 13.0. The molecule has 0 aromatic heterocycles. The second-order valence-electron chi connectivity index (χ2n) is 5.97. The summed E-state index contributed by atoms with van der Waals surface area (Å²) in [4.78, 5) is 25.1. The van der Waals surface area contributed by atoms with Crippen LogP contribution in [0.4, 0.5) is 0 Å². The fourth-order valence-electron chi connectivity index (χ4n) is 3.13. The highest BCUT2D eigenvalue weighted by Gasteiger charge is 2.30. The monoisotopic (exact) mass is 390 g/mol. The number of nitriles is 2. The van der Waals surface area contributed by atoms with Crippen LogP contribution in [0.15, 0.2) is 21.6 Å². The summed E-state index contributed by atoms with van der Waals surface area (Å²) in [5.41, 5.74) is 1.33. The summed E-state index contributed by atoms with van der Waals surface area (Å²) in [6, 6.07) is 4.02. The Kier molecular flexibility index (Phi) is 10.3. The summed E-state index contributed by atoms with van der Waals surface area (Å²) in [5, 5.41) is 19.2. The zero-order valence-electron chi connectivity index (χ0n) is 16.2. The second-order valence-corrected chi connectivity index (χ2v) is 6.79. The maximum atomic E-state index is 12.3. The third-order valence-corrected chi connectivity index (χ3v) is 5.17. The molecule has 27 heavy (non-hydrogen) atoms. The fraction of sp³-hybridized carbons (Fsp3) is 0.600. The van der Waals surface area contributed by atoms with Gasteiger partial charge in [-0.2, -0.15) is 10.5 Å². The Morgan fingerprint density at radius 3 is 2.22 bits per heavy atom. The average molecular weight is 391 g/mol. The van der Waals surface area contributed by atoms with Crippen molar-refractivity contribution in [2.45, 2.75) is 52.4 Å². The molecule has 6 nitrogen and oxygen atoms in total. The minimum atomic E-state index is -1.03. The molecule has 0 aromatic carbocycles. The van der Waals surface area contributed by atoms with E-state index >= 15 is 0 Å². The van der Waals surface area contributed by atoms with Gasteiger partial charge in [0, 0.05) is 4.91 Å². The molecular formula is C20H26N2O4S. The molecule has 0 heterocycles. The molecule has 0 radical (unpaired) electrons. The van der Waals surface area contributed by atoms with Crippen molar-refractivity contribution in [3.63, 3.8) is 0 Å². The molecule has 0 aromatic rings. The van der Waals surface area contributed by atoms with Crippen molar-refractivity contribution in [3.05, 3.63) is 21.6 Å². The number of thioether (sulfide) groups is 1. The van der Waals surface area contributed by atoms with Crippen molar-refractivity contribution < 1.29 is 19.1 Å². The number of ether oxygens (including phenoxy) is 2. The third-order valence-electron chi connectivity index (χ3n) is 4.31. The van der Waals surface area contributed by atoms with Gasteiger partial charge >= 0.3 is 11.9 Å². The summed E-state index contributed by atoms with van der Waals surface area (Å²) in [6.07, 6.45) is 6.70. The summed E-state index contributed by atoms with van der Waals surface area (Å²) in [5.74, 6) is -2.28. The minimum absolute atomic E-state index is 0.0713. The number of hydrogen-bond donors (Lipinski definition) is 0. The van der Waals surface area contributed by atoms with Crippen molar-refractivity contribution in [3.8, 4) is 12.1 Å². The molecule has 0 aliphatic heterocycles. The van der Waals surface area contributed by atoms with Gasteiger partial charge in [0.05, 0.1) is 19.3 Å². The molecule has 1 atom stereocenters. The molecule has 1 aliphatic carbocycles. The van der Waals surface area contributed by atoms with Gasteiger partial charge in [-0.1, -0.05) is 12.8 Å². The summed E-state index contributed by atoms with van der Waals surface area (Å²) >= 11 is 1.27. The van der Waals surface area contributed by atoms with Crippen molar-refractivity contribution in [2.75, 3.05) is 19.5 Å². The van der Waals surface area contributed by atoms with Crippen molar-refractivity contribution in [1.82, 2.24) is 0 Å². The van der Waals surface area contributed by atoms with Crippen LogP contribution in [0.1, 0.15) is 52.4 Å². The van der Waals surface area contributed by atoms with E-state index in [2.05, 4.69) is 6.07 Å². The first-order valence-corrected chi connectivity index (χ1v) is 10.4. The molecule has 7 heteroatoms. The van der Waals surface area contributed by atoms with Crippen molar-refractivity contribution in [1.29, 1.82) is 10.5 Å². The molecule has 0 saturated carbocycles. The molecule has 0 saturated heterocycles. The van der Waals surface area contributed by atoms with Crippen LogP contribution in [0.25, 0.3) is 0 Å². The zero-order chi connectivity index (χ0) is 20.2. The summed E-state index contributed by atoms with van der Waals surface area (Å²) < 4.78 is 10.1. The molecule has 1 aliphatic rings. The van der Waals surface area contributed by atoms with E-state index in [1.54, 1.807) is 20.1 Å². The normalized spacial score (nSPS) is 19.4. The first-order valence-electron chi connectivity index (χ1n) is 9.19. The van der Waals surface area contributed by atoms with E-state index in [1.165, 1.54) is 11.8 Å². The van der Waals surface area contributed by atoms with Crippen molar-refractivity contribution >= 4 is 23.7 Å². The lowest BCUT2D eigenvalue weighted by atomic mass is 9.85. The van der Waals surface area contributed by atoms with Gasteiger partial charge in [-0.15, -0.1) is 11.8 Å². The maximum Gasteiger partial charge on any atom is 0.350 e. The van der Waals surface area contributed by atoms with E-state index < -0.39 is 17.9 Å². The largest absolute Gasteiger partial charge is 0.465 e. The SMILES string of the molecule is CCOC(=O)/C(C#N)=C(SC)\C1=C(/C(C#N)C(=O)OCC)CCCCCC1. The molecule has 1 unspecified atom stereocenters. The molecule has 0 fully saturated rings. The van der Waals surface area contributed by atoms with E-state index in [0.29, 0.717) is 23.3 Å². The molecule has 0 amide bonds. The van der Waals surface area contributed by atoms with Crippen LogP contribution < -0.4 is 0 Å². The minimum Gasteiger partial charge on any atom is -0.465 e. The summed E-state index contributed by atoms with van der Waals surface area (Å²) in [6.45, 7) is 3.73. The van der Waals surface area contributed by atoms with Gasteiger partial charge in [0.25, 0.3) is 0 Å². The van der Waals surface area contributed by atoms with Gasteiger partial charge in [0.2, 0.25) is 0 Å². The highest BCUT2D eigenvalue weighted by molar-refractivity contribution is 8.02. The number of carbonyl (C=O) groups is 2. The quantitative estimate of drug-likeness (QED) is 0.367. The molecule has 1 rings (SSSR count). The Hall–Kier alpha value is -2.25. The molecular weight excluding hydrogens is 364 g/mol. The van der Waals surface area contributed by atoms with E-state index in [0.717, 1.165) is 31.3 Å². The van der Waals surface area contributed by atoms with Gasteiger partial charge in [-0.25, -0.2) is 4.79 Å². The lowest BCUT2D eigenvalue weighted by molar-refractivity contribution is -0.145. The number of hydrogen-bond acceptors (Lipinski definition) is 7. The van der Waals surface area contributed by atoms with Crippen LogP contribution in [-0.4, -0.2) is 31.4 Å². The Morgan fingerprint density at radius 1 is 1.07 bits per heavy atom. The first kappa shape index (κ1) is 22.8. The van der Waals surface area contributed by atoms with Crippen LogP contribution in [0.3, 0.4) is 0 Å². The van der Waals surface area contributed by atoms with Crippen LogP contribution in [0, 0.1) is 28.6 Å². The highest BCUT2D eigenvalue weighted by Crippen LogP contribution is 2.38. The molecule has 0 N–H and O–H groups in total. The average Bonchev–Trinajstić information content (AvgIpc) is 2.63. The molecule has 0 spiro atoms. The zero-order valence-corrected chi connectivity index (χ0v) is 17.0. The van der Waals surface area contributed by atoms with E-state index in [1.807, 2.05) is 6.07 Å². The Labute approximate surface area is 165 Å². The Bertz CT molecular complexity index is 698. The lowest BCUT2D eigenvalue weighted by Crippen LogP contribution is -2.21. The standard InChI is InChI=1S/C20H26N2O4S/c1-4-25-19(23)16(12-21)14-10-8-6-7-9-11-15(14)18(27-3)17(13-22)20(24)26-5-2/h16H,4-11H2,1-3H3/b15-14-,18-17+. The third kappa shape index (κ3) is 6.15. The summed E-state index contributed by atoms with van der Waals surface area (Å²) in [7, 11) is 0. The van der Waals surface area contributed by atoms with E-state index in [4.69, 9.17) is 9.47 Å². The van der Waals surface area contributed by atoms with Gasteiger partial charge in [-0.05, 0) is 56.9 Å². The van der Waals surface area contributed by atoms with E-state index in [9.17, 15) is 20.1 Å². The van der Waals surface area contributed by atoms with Crippen LogP contribution in [0.2, 0.25) is 0 Å². The smallest absolute Gasteiger partial charge is 0.350 e. The Morgan fingerprint density at radius 2 is 1.70 bits per heavy atom. The number of nitrogens with zero attached hydrogens (tertiary/aromatic N) is 2. The van der Waals surface area contributed by atoms with Crippen molar-refractivity contribution in [2.24, 2.45) is 5.92 Å². The number of allylic oxidation sites excluding steroid dienone is 1. The number of rotatable bonds is 7. The van der Waals surface area contributed by atoms with Crippen LogP contribution in [0.5, 0.6) is 0 Å². The molecule has 0 bridgehead atoms. The molecule has 146 valence electrons. The fourth-order valence-corrected chi connectivity index (χ4v) is 3.94. The van der Waals surface area contributed by atoms with Crippen LogP contribution >= 0.6 is 11.8 Å². The van der Waals surface area contributed by atoms with Gasteiger partial charge in [0.15, 0.2) is 11.5 Å². The Balaban J connectivity index is 3.62. The predicted octanol–water partition coefficient (Wildman–Crippen LogP) is 4.04. The maximum absolute atomic E-state index is 12.3. The second kappa shape index (κ2) is 12.2. The van der Waals surface area contributed by atoms with Gasteiger partial charge in [-0.3, -0.25) is 4.79 Å². The van der Waals surface area contributed by atoms with E-state index in [-0.39, 0.29) is 18.8 Å².